The Bertz CT molecular complexity index is 175. The van der Waals surface area contributed by atoms with Gasteiger partial charge in [-0.3, -0.25) is 4.79 Å². The van der Waals surface area contributed by atoms with Crippen molar-refractivity contribution in [2.75, 3.05) is 13.1 Å². The molecule has 0 saturated carbocycles. The molecule has 3 heteroatoms. The summed E-state index contributed by atoms with van der Waals surface area (Å²) >= 11 is 0. The third kappa shape index (κ3) is 3.18. The van der Waals surface area contributed by atoms with Gasteiger partial charge in [0.1, 0.15) is 0 Å². The van der Waals surface area contributed by atoms with Crippen LogP contribution in [0.3, 0.4) is 0 Å². The van der Waals surface area contributed by atoms with Gasteiger partial charge in [0.05, 0.1) is 0 Å². The number of amides is 1. The summed E-state index contributed by atoms with van der Waals surface area (Å²) in [6.07, 6.45) is 4.54. The molecule has 0 fully saturated rings. The monoisotopic (exact) mass is 154 g/mol. The molecule has 0 aromatic heterocycles. The summed E-state index contributed by atoms with van der Waals surface area (Å²) in [6, 6.07) is 0. The maximum Gasteiger partial charge on any atom is 0.217 e. The van der Waals surface area contributed by atoms with Crippen LogP contribution in [0.2, 0.25) is 0 Å². The van der Waals surface area contributed by atoms with E-state index >= 15 is 0 Å². The SMILES string of the molecule is NC(=O)CCC1=CCNCC1. The van der Waals surface area contributed by atoms with Crippen LogP contribution in [0, 0.1) is 0 Å². The van der Waals surface area contributed by atoms with Gasteiger partial charge < -0.3 is 11.1 Å². The van der Waals surface area contributed by atoms with Crippen LogP contribution < -0.4 is 11.1 Å². The summed E-state index contributed by atoms with van der Waals surface area (Å²) in [5, 5.41) is 3.21. The van der Waals surface area contributed by atoms with Gasteiger partial charge in [-0.25, -0.2) is 0 Å². The topological polar surface area (TPSA) is 55.1 Å². The van der Waals surface area contributed by atoms with Gasteiger partial charge >= 0.3 is 0 Å². The number of nitrogens with two attached hydrogens (primary N) is 1. The second-order valence-electron chi connectivity index (χ2n) is 2.78. The summed E-state index contributed by atoms with van der Waals surface area (Å²) in [5.41, 5.74) is 6.39. The molecular formula is C8H14N2O. The fraction of sp³-hybridized carbons (Fsp3) is 0.625. The van der Waals surface area contributed by atoms with E-state index in [1.807, 2.05) is 0 Å². The van der Waals surface area contributed by atoms with E-state index in [2.05, 4.69) is 11.4 Å². The molecule has 3 N–H and O–H groups in total. The summed E-state index contributed by atoms with van der Waals surface area (Å²) < 4.78 is 0. The van der Waals surface area contributed by atoms with Crippen LogP contribution in [0.25, 0.3) is 0 Å². The lowest BCUT2D eigenvalue weighted by atomic mass is 10.0. The van der Waals surface area contributed by atoms with E-state index in [0.717, 1.165) is 25.9 Å². The summed E-state index contributed by atoms with van der Waals surface area (Å²) in [4.78, 5) is 10.4. The maximum absolute atomic E-state index is 10.4. The Morgan fingerprint density at radius 1 is 1.73 bits per heavy atom. The van der Waals surface area contributed by atoms with Crippen LogP contribution in [0.15, 0.2) is 11.6 Å². The average Bonchev–Trinajstić information content (AvgIpc) is 2.03. The minimum atomic E-state index is -0.204. The molecule has 0 bridgehead atoms. The molecule has 62 valence electrons. The lowest BCUT2D eigenvalue weighted by molar-refractivity contribution is -0.117. The van der Waals surface area contributed by atoms with Crippen LogP contribution in [-0.4, -0.2) is 19.0 Å². The van der Waals surface area contributed by atoms with E-state index in [-0.39, 0.29) is 5.91 Å². The van der Waals surface area contributed by atoms with Crippen LogP contribution >= 0.6 is 0 Å². The molecule has 3 nitrogen and oxygen atoms in total. The lowest BCUT2D eigenvalue weighted by Gasteiger charge is -2.12. The molecule has 1 rings (SSSR count). The minimum Gasteiger partial charge on any atom is -0.370 e. The Morgan fingerprint density at radius 2 is 2.55 bits per heavy atom. The Balaban J connectivity index is 2.24. The van der Waals surface area contributed by atoms with Crippen LogP contribution in [0.5, 0.6) is 0 Å². The van der Waals surface area contributed by atoms with E-state index in [0.29, 0.717) is 6.42 Å². The molecule has 0 aromatic rings. The fourth-order valence-electron chi connectivity index (χ4n) is 1.18. The first kappa shape index (κ1) is 8.27. The maximum atomic E-state index is 10.4. The van der Waals surface area contributed by atoms with E-state index in [1.165, 1.54) is 5.57 Å². The molecule has 0 aliphatic carbocycles. The molecule has 0 saturated heterocycles. The molecule has 0 unspecified atom stereocenters. The van der Waals surface area contributed by atoms with Gasteiger partial charge in [0.15, 0.2) is 0 Å². The molecule has 0 spiro atoms. The van der Waals surface area contributed by atoms with Gasteiger partial charge in [-0.2, -0.15) is 0 Å². The van der Waals surface area contributed by atoms with Crippen LogP contribution in [0.1, 0.15) is 19.3 Å². The largest absolute Gasteiger partial charge is 0.370 e. The number of carbonyl (C=O) groups is 1. The van der Waals surface area contributed by atoms with Crippen molar-refractivity contribution in [2.24, 2.45) is 5.73 Å². The quantitative estimate of drug-likeness (QED) is 0.569. The van der Waals surface area contributed by atoms with Gasteiger partial charge in [0, 0.05) is 13.0 Å². The molecule has 1 aliphatic rings. The number of hydrogen-bond donors (Lipinski definition) is 2. The van der Waals surface area contributed by atoms with Crippen molar-refractivity contribution >= 4 is 5.91 Å². The molecule has 1 heterocycles. The molecular weight excluding hydrogens is 140 g/mol. The second kappa shape index (κ2) is 4.13. The number of rotatable bonds is 3. The predicted octanol–water partition coefficient (Wildman–Crippen LogP) is 0.172. The molecule has 0 atom stereocenters. The van der Waals surface area contributed by atoms with Crippen molar-refractivity contribution in [2.45, 2.75) is 19.3 Å². The second-order valence-corrected chi connectivity index (χ2v) is 2.78. The zero-order valence-corrected chi connectivity index (χ0v) is 6.60. The number of nitrogens with one attached hydrogen (secondary N) is 1. The highest BCUT2D eigenvalue weighted by Gasteiger charge is 2.03. The van der Waals surface area contributed by atoms with Crippen LogP contribution in [0.4, 0.5) is 0 Å². The Hall–Kier alpha value is -0.830. The number of hydrogen-bond acceptors (Lipinski definition) is 2. The van der Waals surface area contributed by atoms with Gasteiger partial charge in [-0.15, -0.1) is 0 Å². The zero-order valence-electron chi connectivity index (χ0n) is 6.60. The standard InChI is InChI=1S/C8H14N2O/c9-8(11)2-1-7-3-5-10-6-4-7/h3,10H,1-2,4-6H2,(H2,9,11). The highest BCUT2D eigenvalue weighted by atomic mass is 16.1. The van der Waals surface area contributed by atoms with E-state index < -0.39 is 0 Å². The molecule has 1 aliphatic heterocycles. The third-order valence-electron chi connectivity index (χ3n) is 1.85. The van der Waals surface area contributed by atoms with Crippen molar-refractivity contribution in [3.63, 3.8) is 0 Å². The minimum absolute atomic E-state index is 0.204. The van der Waals surface area contributed by atoms with Crippen molar-refractivity contribution < 1.29 is 4.79 Å². The highest BCUT2D eigenvalue weighted by Crippen LogP contribution is 2.10. The van der Waals surface area contributed by atoms with Gasteiger partial charge in [-0.05, 0) is 19.4 Å². The van der Waals surface area contributed by atoms with E-state index in [4.69, 9.17) is 5.73 Å². The molecule has 1 amide bonds. The van der Waals surface area contributed by atoms with Crippen molar-refractivity contribution in [1.29, 1.82) is 0 Å². The first-order valence-corrected chi connectivity index (χ1v) is 3.96. The lowest BCUT2D eigenvalue weighted by Crippen LogP contribution is -2.21. The summed E-state index contributed by atoms with van der Waals surface area (Å²) in [7, 11) is 0. The van der Waals surface area contributed by atoms with Gasteiger partial charge in [0.2, 0.25) is 5.91 Å². The van der Waals surface area contributed by atoms with E-state index in [9.17, 15) is 4.79 Å². The van der Waals surface area contributed by atoms with Crippen molar-refractivity contribution in [3.05, 3.63) is 11.6 Å². The first-order chi connectivity index (χ1) is 5.29. The van der Waals surface area contributed by atoms with Gasteiger partial charge in [-0.1, -0.05) is 11.6 Å². The van der Waals surface area contributed by atoms with E-state index in [1.54, 1.807) is 0 Å². The third-order valence-corrected chi connectivity index (χ3v) is 1.85. The Morgan fingerprint density at radius 3 is 3.09 bits per heavy atom. The predicted molar refractivity (Wildman–Crippen MR) is 44.0 cm³/mol. The van der Waals surface area contributed by atoms with Crippen LogP contribution in [-0.2, 0) is 4.79 Å². The number of carbonyl (C=O) groups excluding carboxylic acids is 1. The molecule has 0 aromatic carbocycles. The fourth-order valence-corrected chi connectivity index (χ4v) is 1.18. The summed E-state index contributed by atoms with van der Waals surface area (Å²) in [5.74, 6) is -0.204. The van der Waals surface area contributed by atoms with Crippen molar-refractivity contribution in [3.8, 4) is 0 Å². The average molecular weight is 154 g/mol. The smallest absolute Gasteiger partial charge is 0.217 e. The zero-order chi connectivity index (χ0) is 8.10. The molecule has 11 heavy (non-hydrogen) atoms. The normalized spacial score (nSPS) is 17.6. The first-order valence-electron chi connectivity index (χ1n) is 3.96. The van der Waals surface area contributed by atoms with Gasteiger partial charge in [0.25, 0.3) is 0 Å². The Labute approximate surface area is 66.6 Å². The number of primary amides is 1. The van der Waals surface area contributed by atoms with Crippen molar-refractivity contribution in [1.82, 2.24) is 5.32 Å². The summed E-state index contributed by atoms with van der Waals surface area (Å²) in [6.45, 7) is 1.97. The highest BCUT2D eigenvalue weighted by molar-refractivity contribution is 5.73. The Kier molecular flexibility index (Phi) is 3.11. The molecule has 0 radical (unpaired) electrons.